The summed E-state index contributed by atoms with van der Waals surface area (Å²) in [7, 11) is 0. The molecule has 1 N–H and O–H groups in total. The maximum absolute atomic E-state index is 11.7. The van der Waals surface area contributed by atoms with Gasteiger partial charge in [0.15, 0.2) is 6.61 Å². The third-order valence-electron chi connectivity index (χ3n) is 2.57. The van der Waals surface area contributed by atoms with Gasteiger partial charge in [-0.25, -0.2) is 14.5 Å². The Morgan fingerprint density at radius 2 is 2.20 bits per heavy atom. The zero-order chi connectivity index (χ0) is 14.7. The average molecular weight is 300 g/mol. The van der Waals surface area contributed by atoms with E-state index < -0.39 is 24.6 Å². The molecule has 1 aromatic rings. The molecule has 2 amide bonds. The highest BCUT2D eigenvalue weighted by Crippen LogP contribution is 2.22. The lowest BCUT2D eigenvalue weighted by molar-refractivity contribution is -0.131. The standard InChI is InChI=1S/C12H10ClNO6/c13-7-1-2-9(15)8(5-7)11(17)20-6-10(16)14-3-4-19-12(14)18/h1-2,5,15H,3-4,6H2. The van der Waals surface area contributed by atoms with Crippen molar-refractivity contribution in [1.29, 1.82) is 0 Å². The van der Waals surface area contributed by atoms with Gasteiger partial charge in [0.25, 0.3) is 5.91 Å². The molecule has 1 aliphatic heterocycles. The lowest BCUT2D eigenvalue weighted by Crippen LogP contribution is -2.35. The van der Waals surface area contributed by atoms with Crippen molar-refractivity contribution in [2.75, 3.05) is 19.8 Å². The highest BCUT2D eigenvalue weighted by molar-refractivity contribution is 6.31. The maximum Gasteiger partial charge on any atom is 0.416 e. The van der Waals surface area contributed by atoms with E-state index in [-0.39, 0.29) is 29.5 Å². The molecule has 8 heteroatoms. The molecule has 0 saturated carbocycles. The summed E-state index contributed by atoms with van der Waals surface area (Å²) >= 11 is 5.69. The van der Waals surface area contributed by atoms with Crippen molar-refractivity contribution < 1.29 is 29.0 Å². The monoisotopic (exact) mass is 299 g/mol. The number of ether oxygens (including phenoxy) is 2. The van der Waals surface area contributed by atoms with Gasteiger partial charge >= 0.3 is 12.1 Å². The molecular weight excluding hydrogens is 290 g/mol. The number of phenolic OH excluding ortho intramolecular Hbond substituents is 1. The van der Waals surface area contributed by atoms with Crippen molar-refractivity contribution in [2.45, 2.75) is 0 Å². The SMILES string of the molecule is O=C(OCC(=O)N1CCOC1=O)c1cc(Cl)ccc1O. The molecule has 1 heterocycles. The van der Waals surface area contributed by atoms with Crippen molar-refractivity contribution in [3.8, 4) is 5.75 Å². The van der Waals surface area contributed by atoms with Gasteiger partial charge in [-0.15, -0.1) is 0 Å². The normalized spacial score (nSPS) is 14.1. The number of imide groups is 1. The van der Waals surface area contributed by atoms with Crippen LogP contribution in [0.4, 0.5) is 4.79 Å². The average Bonchev–Trinajstić information content (AvgIpc) is 2.84. The Balaban J connectivity index is 1.97. The molecule has 0 spiro atoms. The molecule has 1 aliphatic rings. The predicted octanol–water partition coefficient (Wildman–Crippen LogP) is 1.18. The summed E-state index contributed by atoms with van der Waals surface area (Å²) in [6.45, 7) is -0.384. The number of carbonyl (C=O) groups is 3. The number of aromatic hydroxyl groups is 1. The molecule has 0 radical (unpaired) electrons. The second-order valence-electron chi connectivity index (χ2n) is 3.90. The van der Waals surface area contributed by atoms with Crippen LogP contribution in [0.1, 0.15) is 10.4 Å². The molecular formula is C12H10ClNO6. The molecule has 2 rings (SSSR count). The summed E-state index contributed by atoms with van der Waals surface area (Å²) in [6, 6.07) is 3.85. The summed E-state index contributed by atoms with van der Waals surface area (Å²) in [4.78, 5) is 35.2. The van der Waals surface area contributed by atoms with E-state index in [0.29, 0.717) is 0 Å². The van der Waals surface area contributed by atoms with Gasteiger partial charge in [0, 0.05) is 5.02 Å². The van der Waals surface area contributed by atoms with E-state index in [1.54, 1.807) is 0 Å². The Hall–Kier alpha value is -2.28. The van der Waals surface area contributed by atoms with Gasteiger partial charge in [-0.3, -0.25) is 4.79 Å². The number of esters is 1. The van der Waals surface area contributed by atoms with Crippen molar-refractivity contribution in [3.05, 3.63) is 28.8 Å². The number of hydrogen-bond acceptors (Lipinski definition) is 6. The number of cyclic esters (lactones) is 1. The van der Waals surface area contributed by atoms with Gasteiger partial charge < -0.3 is 14.6 Å². The first-order valence-corrected chi connectivity index (χ1v) is 5.99. The Kier molecular flexibility index (Phi) is 4.09. The minimum absolute atomic E-state index is 0.119. The van der Waals surface area contributed by atoms with E-state index in [9.17, 15) is 19.5 Å². The van der Waals surface area contributed by atoms with E-state index in [0.717, 1.165) is 4.90 Å². The number of amides is 2. The number of hydrogen-bond donors (Lipinski definition) is 1. The van der Waals surface area contributed by atoms with Crippen LogP contribution in [0.5, 0.6) is 5.75 Å². The van der Waals surface area contributed by atoms with Crippen LogP contribution < -0.4 is 0 Å². The number of benzene rings is 1. The lowest BCUT2D eigenvalue weighted by atomic mass is 10.2. The minimum atomic E-state index is -0.911. The van der Waals surface area contributed by atoms with Crippen LogP contribution in [-0.4, -0.2) is 47.7 Å². The predicted molar refractivity (Wildman–Crippen MR) is 66.5 cm³/mol. The first kappa shape index (κ1) is 14.1. The molecule has 0 bridgehead atoms. The number of halogens is 1. The Morgan fingerprint density at radius 3 is 2.85 bits per heavy atom. The Bertz CT molecular complexity index is 573. The van der Waals surface area contributed by atoms with Crippen LogP contribution in [0.2, 0.25) is 5.02 Å². The topological polar surface area (TPSA) is 93.1 Å². The molecule has 7 nitrogen and oxygen atoms in total. The number of phenols is 1. The van der Waals surface area contributed by atoms with Gasteiger partial charge in [0.05, 0.1) is 6.54 Å². The van der Waals surface area contributed by atoms with Crippen molar-refractivity contribution in [1.82, 2.24) is 4.90 Å². The van der Waals surface area contributed by atoms with Crippen LogP contribution in [0.25, 0.3) is 0 Å². The molecule has 0 aromatic heterocycles. The zero-order valence-corrected chi connectivity index (χ0v) is 10.9. The summed E-state index contributed by atoms with van der Waals surface area (Å²) in [5.74, 6) is -1.92. The van der Waals surface area contributed by atoms with Crippen LogP contribution in [0, 0.1) is 0 Å². The Morgan fingerprint density at radius 1 is 1.45 bits per heavy atom. The number of nitrogens with zero attached hydrogens (tertiary/aromatic N) is 1. The van der Waals surface area contributed by atoms with E-state index in [1.807, 2.05) is 0 Å². The maximum atomic E-state index is 11.7. The third kappa shape index (κ3) is 3.00. The quantitative estimate of drug-likeness (QED) is 0.842. The molecule has 1 saturated heterocycles. The molecule has 1 aromatic carbocycles. The largest absolute Gasteiger partial charge is 0.507 e. The lowest BCUT2D eigenvalue weighted by Gasteiger charge is -2.11. The van der Waals surface area contributed by atoms with Gasteiger partial charge in [-0.2, -0.15) is 0 Å². The van der Waals surface area contributed by atoms with Gasteiger partial charge in [0.2, 0.25) is 0 Å². The fourth-order valence-corrected chi connectivity index (χ4v) is 1.75. The van der Waals surface area contributed by atoms with Crippen LogP contribution in [-0.2, 0) is 14.3 Å². The van der Waals surface area contributed by atoms with Gasteiger partial charge in [0.1, 0.15) is 17.9 Å². The fourth-order valence-electron chi connectivity index (χ4n) is 1.57. The fraction of sp³-hybridized carbons (Fsp3) is 0.250. The smallest absolute Gasteiger partial charge is 0.416 e. The first-order chi connectivity index (χ1) is 9.49. The number of rotatable bonds is 3. The second kappa shape index (κ2) is 5.79. The third-order valence-corrected chi connectivity index (χ3v) is 2.80. The molecule has 0 unspecified atom stereocenters. The number of carbonyl (C=O) groups excluding carboxylic acids is 3. The summed E-state index contributed by atoms with van der Waals surface area (Å²) in [6.07, 6.45) is -0.767. The molecule has 20 heavy (non-hydrogen) atoms. The second-order valence-corrected chi connectivity index (χ2v) is 4.33. The van der Waals surface area contributed by atoms with Crippen molar-refractivity contribution in [3.63, 3.8) is 0 Å². The van der Waals surface area contributed by atoms with Gasteiger partial charge in [-0.1, -0.05) is 11.6 Å². The highest BCUT2D eigenvalue weighted by Gasteiger charge is 2.29. The molecule has 1 fully saturated rings. The van der Waals surface area contributed by atoms with E-state index in [2.05, 4.69) is 4.74 Å². The first-order valence-electron chi connectivity index (χ1n) is 5.62. The molecule has 0 atom stereocenters. The van der Waals surface area contributed by atoms with Crippen LogP contribution in [0.3, 0.4) is 0 Å². The summed E-state index contributed by atoms with van der Waals surface area (Å²) in [5, 5.41) is 9.74. The van der Waals surface area contributed by atoms with Crippen molar-refractivity contribution >= 4 is 29.6 Å². The van der Waals surface area contributed by atoms with E-state index >= 15 is 0 Å². The Labute approximate surface area is 118 Å². The van der Waals surface area contributed by atoms with Crippen molar-refractivity contribution in [2.24, 2.45) is 0 Å². The molecule has 0 aliphatic carbocycles. The summed E-state index contributed by atoms with van der Waals surface area (Å²) in [5.41, 5.74) is -0.158. The van der Waals surface area contributed by atoms with Crippen LogP contribution >= 0.6 is 11.6 Å². The van der Waals surface area contributed by atoms with Crippen LogP contribution in [0.15, 0.2) is 18.2 Å². The van der Waals surface area contributed by atoms with E-state index in [1.165, 1.54) is 18.2 Å². The molecule has 106 valence electrons. The zero-order valence-electron chi connectivity index (χ0n) is 10.2. The minimum Gasteiger partial charge on any atom is -0.507 e. The summed E-state index contributed by atoms with van der Waals surface area (Å²) < 4.78 is 9.31. The van der Waals surface area contributed by atoms with E-state index in [4.69, 9.17) is 16.3 Å². The van der Waals surface area contributed by atoms with Gasteiger partial charge in [-0.05, 0) is 18.2 Å². The highest BCUT2D eigenvalue weighted by atomic mass is 35.5.